The van der Waals surface area contributed by atoms with Crippen molar-refractivity contribution in [1.29, 1.82) is 0 Å². The van der Waals surface area contributed by atoms with E-state index in [1.54, 1.807) is 6.42 Å². The van der Waals surface area contributed by atoms with Crippen molar-refractivity contribution in [3.63, 3.8) is 0 Å². The van der Waals surface area contributed by atoms with Gasteiger partial charge in [0.15, 0.2) is 0 Å². The van der Waals surface area contributed by atoms with Crippen molar-refractivity contribution >= 4 is 15.9 Å². The topological polar surface area (TPSA) is 0 Å². The van der Waals surface area contributed by atoms with Crippen molar-refractivity contribution in [2.45, 2.75) is 10.7 Å². The SMILES string of the molecule is BrC12C3C4CC5C3C1C5C42. The first kappa shape index (κ1) is 4.49. The van der Waals surface area contributed by atoms with Gasteiger partial charge in [0.2, 0.25) is 0 Å². The molecule has 0 aromatic carbocycles. The van der Waals surface area contributed by atoms with E-state index in [4.69, 9.17) is 0 Å². The summed E-state index contributed by atoms with van der Waals surface area (Å²) in [6.45, 7) is 0. The van der Waals surface area contributed by atoms with Gasteiger partial charge >= 0.3 is 0 Å². The molecule has 52 valence electrons. The lowest BCUT2D eigenvalue weighted by Gasteiger charge is -2.89. The molecule has 0 aliphatic heterocycles. The average Bonchev–Trinajstić information content (AvgIpc) is 2.15. The van der Waals surface area contributed by atoms with Crippen LogP contribution in [0.3, 0.4) is 0 Å². The minimum Gasteiger partial charge on any atom is -0.0844 e. The van der Waals surface area contributed by atoms with Crippen LogP contribution in [-0.4, -0.2) is 4.32 Å². The summed E-state index contributed by atoms with van der Waals surface area (Å²) in [7, 11) is 0. The van der Waals surface area contributed by atoms with E-state index >= 15 is 0 Å². The van der Waals surface area contributed by atoms with E-state index in [1.165, 1.54) is 41.4 Å². The molecule has 10 heavy (non-hydrogen) atoms. The van der Waals surface area contributed by atoms with Gasteiger partial charge in [-0.2, -0.15) is 0 Å². The van der Waals surface area contributed by atoms with Gasteiger partial charge in [-0.25, -0.2) is 0 Å². The first-order chi connectivity index (χ1) is 4.85. The number of halogens is 1. The lowest BCUT2D eigenvalue weighted by atomic mass is 9.20. The van der Waals surface area contributed by atoms with Crippen LogP contribution in [0, 0.1) is 41.4 Å². The Morgan fingerprint density at radius 3 is 2.20 bits per heavy atom. The molecule has 1 heteroatoms. The monoisotopic (exact) mass is 196 g/mol. The standard InChI is InChI=1S/C9H9Br/c10-9-6-3-1-2-4(6)8(9)5(2)7(3)9/h2-8H,1H2. The Balaban J connectivity index is 1.91. The molecular weight excluding hydrogens is 188 g/mol. The van der Waals surface area contributed by atoms with Gasteiger partial charge in [0, 0.05) is 4.32 Å². The summed E-state index contributed by atoms with van der Waals surface area (Å²) in [5.74, 6) is 8.47. The van der Waals surface area contributed by atoms with Gasteiger partial charge in [-0.1, -0.05) is 15.9 Å². The molecule has 6 fully saturated rings. The summed E-state index contributed by atoms with van der Waals surface area (Å²) in [5, 5.41) is 0. The second-order valence-electron chi connectivity index (χ2n) is 5.12. The van der Waals surface area contributed by atoms with E-state index in [2.05, 4.69) is 15.9 Å². The van der Waals surface area contributed by atoms with Crippen LogP contribution in [0.5, 0.6) is 0 Å². The highest BCUT2D eigenvalue weighted by Gasteiger charge is 2.97. The van der Waals surface area contributed by atoms with Crippen molar-refractivity contribution in [2.75, 3.05) is 0 Å². The van der Waals surface area contributed by atoms with Gasteiger partial charge in [-0.15, -0.1) is 0 Å². The van der Waals surface area contributed by atoms with E-state index in [-0.39, 0.29) is 0 Å². The molecule has 2 bridgehead atoms. The van der Waals surface area contributed by atoms with Gasteiger partial charge < -0.3 is 0 Å². The summed E-state index contributed by atoms with van der Waals surface area (Å²) in [6, 6.07) is 0. The summed E-state index contributed by atoms with van der Waals surface area (Å²) in [5.41, 5.74) is 0. The normalized spacial score (nSPS) is 97.5. The van der Waals surface area contributed by atoms with Gasteiger partial charge in [0.25, 0.3) is 0 Å². The van der Waals surface area contributed by atoms with Crippen LogP contribution < -0.4 is 0 Å². The second kappa shape index (κ2) is 0.840. The maximum absolute atomic E-state index is 3.97. The molecule has 0 amide bonds. The molecule has 6 aliphatic carbocycles. The highest BCUT2D eigenvalue weighted by Crippen LogP contribution is 2.98. The molecule has 6 rings (SSSR count). The van der Waals surface area contributed by atoms with Crippen LogP contribution in [0.4, 0.5) is 0 Å². The minimum absolute atomic E-state index is 0.764. The predicted molar refractivity (Wildman–Crippen MR) is 40.7 cm³/mol. The van der Waals surface area contributed by atoms with Crippen molar-refractivity contribution in [3.05, 3.63) is 0 Å². The lowest BCUT2D eigenvalue weighted by Crippen LogP contribution is -2.90. The van der Waals surface area contributed by atoms with Gasteiger partial charge in [0.1, 0.15) is 0 Å². The van der Waals surface area contributed by atoms with Gasteiger partial charge in [-0.3, -0.25) is 0 Å². The Morgan fingerprint density at radius 2 is 1.70 bits per heavy atom. The lowest BCUT2D eigenvalue weighted by molar-refractivity contribution is -0.349. The Labute approximate surface area is 68.5 Å². The zero-order valence-electron chi connectivity index (χ0n) is 5.63. The highest BCUT2D eigenvalue weighted by molar-refractivity contribution is 9.10. The molecule has 6 aliphatic rings. The molecule has 0 nitrogen and oxygen atoms in total. The smallest absolute Gasteiger partial charge is 0.0359 e. The van der Waals surface area contributed by atoms with Crippen molar-refractivity contribution in [3.8, 4) is 0 Å². The molecular formula is C9H9Br. The van der Waals surface area contributed by atoms with Crippen molar-refractivity contribution in [2.24, 2.45) is 41.4 Å². The minimum atomic E-state index is 0.764. The third-order valence-electron chi connectivity index (χ3n) is 5.65. The molecule has 0 heterocycles. The summed E-state index contributed by atoms with van der Waals surface area (Å²) >= 11 is 3.97. The largest absolute Gasteiger partial charge is 0.0844 e. The van der Waals surface area contributed by atoms with E-state index < -0.39 is 0 Å². The molecule has 4 atom stereocenters. The first-order valence-electron chi connectivity index (χ1n) is 4.54. The molecule has 6 saturated carbocycles. The van der Waals surface area contributed by atoms with Crippen molar-refractivity contribution < 1.29 is 0 Å². The van der Waals surface area contributed by atoms with Gasteiger partial charge in [0.05, 0.1) is 0 Å². The molecule has 0 aromatic heterocycles. The maximum atomic E-state index is 3.97. The predicted octanol–water partition coefficient (Wildman–Crippen LogP) is 1.89. The number of alkyl halides is 1. The highest BCUT2D eigenvalue weighted by atomic mass is 79.9. The number of rotatable bonds is 0. The molecule has 0 N–H and O–H groups in total. The summed E-state index contributed by atoms with van der Waals surface area (Å²) in [6.07, 6.45) is 1.63. The van der Waals surface area contributed by atoms with Crippen LogP contribution in [0.25, 0.3) is 0 Å². The Bertz CT molecular complexity index is 248. The van der Waals surface area contributed by atoms with Crippen LogP contribution in [0.15, 0.2) is 0 Å². The van der Waals surface area contributed by atoms with E-state index in [0.717, 1.165) is 4.32 Å². The van der Waals surface area contributed by atoms with Crippen LogP contribution in [0.1, 0.15) is 6.42 Å². The second-order valence-corrected chi connectivity index (χ2v) is 6.50. The zero-order valence-corrected chi connectivity index (χ0v) is 7.21. The van der Waals surface area contributed by atoms with E-state index in [9.17, 15) is 0 Å². The van der Waals surface area contributed by atoms with Crippen molar-refractivity contribution in [1.82, 2.24) is 0 Å². The van der Waals surface area contributed by atoms with E-state index in [1.807, 2.05) is 0 Å². The Kier molecular flexibility index (Phi) is 0.378. The average molecular weight is 197 g/mol. The third kappa shape index (κ3) is 0.160. The summed E-state index contributed by atoms with van der Waals surface area (Å²) < 4.78 is 0.764. The molecule has 0 spiro atoms. The molecule has 0 radical (unpaired) electrons. The fourth-order valence-corrected chi connectivity index (χ4v) is 7.64. The Hall–Kier alpha value is 0.480. The fraction of sp³-hybridized carbons (Fsp3) is 1.00. The zero-order chi connectivity index (χ0) is 6.25. The molecule has 0 aromatic rings. The maximum Gasteiger partial charge on any atom is 0.0359 e. The molecule has 4 unspecified atom stereocenters. The van der Waals surface area contributed by atoms with Crippen LogP contribution in [0.2, 0.25) is 0 Å². The van der Waals surface area contributed by atoms with Gasteiger partial charge in [-0.05, 0) is 47.8 Å². The fourth-order valence-electron chi connectivity index (χ4n) is 5.74. The van der Waals surface area contributed by atoms with Crippen LogP contribution in [-0.2, 0) is 0 Å². The number of hydrogen-bond acceptors (Lipinski definition) is 0. The molecule has 0 saturated heterocycles. The summed E-state index contributed by atoms with van der Waals surface area (Å²) in [4.78, 5) is 0. The third-order valence-corrected chi connectivity index (χ3v) is 7.23. The van der Waals surface area contributed by atoms with E-state index in [0.29, 0.717) is 0 Å². The number of hydrogen-bond donors (Lipinski definition) is 0. The first-order valence-corrected chi connectivity index (χ1v) is 5.33. The Morgan fingerprint density at radius 1 is 1.00 bits per heavy atom. The van der Waals surface area contributed by atoms with Crippen LogP contribution >= 0.6 is 15.9 Å². The quantitative estimate of drug-likeness (QED) is 0.520.